The molecule has 0 aliphatic rings. The average Bonchev–Trinajstić information content (AvgIpc) is 2.67. The van der Waals surface area contributed by atoms with Crippen molar-refractivity contribution in [2.24, 2.45) is 0 Å². The number of nitriles is 1. The fourth-order valence-electron chi connectivity index (χ4n) is 2.50. The number of hydrogen-bond donors (Lipinski definition) is 1. The zero-order valence-corrected chi connectivity index (χ0v) is 15.0. The van der Waals surface area contributed by atoms with Gasteiger partial charge in [-0.05, 0) is 48.9 Å². The molecule has 134 valence electrons. The predicted molar refractivity (Wildman–Crippen MR) is 98.6 cm³/mol. The standard InChI is InChI=1S/C20H14ClFN4O/c1-12-2-3-15(10-24-12)19(18-7-6-16(21)11-25-18)26-20(27)13-4-5-14(9-23)17(22)8-13/h2-8,10-11,19H,1H3,(H,26,27)/t19-/m0/s1. The molecule has 1 aromatic carbocycles. The second-order valence-corrected chi connectivity index (χ2v) is 6.28. The number of carbonyl (C=O) groups excluding carboxylic acids is 1. The van der Waals surface area contributed by atoms with Crippen molar-refractivity contribution in [2.45, 2.75) is 13.0 Å². The predicted octanol–water partition coefficient (Wildman–Crippen LogP) is 3.97. The molecule has 2 aromatic heterocycles. The molecule has 7 heteroatoms. The molecule has 1 N–H and O–H groups in total. The lowest BCUT2D eigenvalue weighted by Crippen LogP contribution is -2.30. The summed E-state index contributed by atoms with van der Waals surface area (Å²) in [5.41, 5.74) is 2.10. The van der Waals surface area contributed by atoms with Crippen LogP contribution >= 0.6 is 11.6 Å². The largest absolute Gasteiger partial charge is 0.339 e. The highest BCUT2D eigenvalue weighted by atomic mass is 35.5. The van der Waals surface area contributed by atoms with Gasteiger partial charge in [-0.15, -0.1) is 0 Å². The van der Waals surface area contributed by atoms with Crippen LogP contribution in [0.25, 0.3) is 0 Å². The molecule has 0 aliphatic heterocycles. The van der Waals surface area contributed by atoms with Crippen molar-refractivity contribution >= 4 is 17.5 Å². The maximum atomic E-state index is 13.8. The van der Waals surface area contributed by atoms with Gasteiger partial charge in [0, 0.05) is 23.7 Å². The zero-order chi connectivity index (χ0) is 19.4. The molecular formula is C20H14ClFN4O. The summed E-state index contributed by atoms with van der Waals surface area (Å²) in [6.45, 7) is 1.86. The summed E-state index contributed by atoms with van der Waals surface area (Å²) in [5, 5.41) is 12.1. The van der Waals surface area contributed by atoms with Gasteiger partial charge in [-0.25, -0.2) is 4.39 Å². The Balaban J connectivity index is 1.94. The highest BCUT2D eigenvalue weighted by molar-refractivity contribution is 6.30. The van der Waals surface area contributed by atoms with Gasteiger partial charge in [0.05, 0.1) is 22.3 Å². The Morgan fingerprint density at radius 2 is 2.00 bits per heavy atom. The first kappa shape index (κ1) is 18.5. The van der Waals surface area contributed by atoms with Crippen LogP contribution in [0.1, 0.15) is 38.9 Å². The Bertz CT molecular complexity index is 968. The first-order valence-electron chi connectivity index (χ1n) is 8.02. The molecule has 27 heavy (non-hydrogen) atoms. The molecule has 2 heterocycles. The van der Waals surface area contributed by atoms with Crippen LogP contribution in [0.3, 0.4) is 0 Å². The number of pyridine rings is 2. The van der Waals surface area contributed by atoms with E-state index in [4.69, 9.17) is 16.9 Å². The number of aryl methyl sites for hydroxylation is 1. The van der Waals surface area contributed by atoms with Gasteiger partial charge in [-0.3, -0.25) is 14.8 Å². The summed E-state index contributed by atoms with van der Waals surface area (Å²) in [6.07, 6.45) is 3.13. The minimum absolute atomic E-state index is 0.102. The van der Waals surface area contributed by atoms with E-state index in [0.717, 1.165) is 17.3 Å². The molecule has 0 saturated carbocycles. The SMILES string of the molecule is Cc1ccc([C@H](NC(=O)c2ccc(C#N)c(F)c2)c2ccc(Cl)cn2)cn1. The van der Waals surface area contributed by atoms with Gasteiger partial charge in [0.1, 0.15) is 11.9 Å². The summed E-state index contributed by atoms with van der Waals surface area (Å²) in [4.78, 5) is 21.2. The maximum absolute atomic E-state index is 13.8. The van der Waals surface area contributed by atoms with Crippen LogP contribution in [0.5, 0.6) is 0 Å². The summed E-state index contributed by atoms with van der Waals surface area (Å²) in [7, 11) is 0. The smallest absolute Gasteiger partial charge is 0.252 e. The van der Waals surface area contributed by atoms with Gasteiger partial charge < -0.3 is 5.32 Å². The van der Waals surface area contributed by atoms with E-state index in [2.05, 4.69) is 15.3 Å². The number of carbonyl (C=O) groups is 1. The van der Waals surface area contributed by atoms with Crippen LogP contribution < -0.4 is 5.32 Å². The molecule has 0 fully saturated rings. The summed E-state index contributed by atoms with van der Waals surface area (Å²) in [6, 6.07) is 11.9. The van der Waals surface area contributed by atoms with E-state index < -0.39 is 17.8 Å². The molecule has 0 saturated heterocycles. The third kappa shape index (κ3) is 4.27. The van der Waals surface area contributed by atoms with Crippen LogP contribution in [0.4, 0.5) is 4.39 Å². The van der Waals surface area contributed by atoms with Gasteiger partial charge in [0.15, 0.2) is 0 Å². The average molecular weight is 381 g/mol. The van der Waals surface area contributed by atoms with E-state index in [9.17, 15) is 9.18 Å². The van der Waals surface area contributed by atoms with Crippen molar-refractivity contribution in [3.05, 3.63) is 93.8 Å². The molecule has 1 atom stereocenters. The topological polar surface area (TPSA) is 78.7 Å². The Morgan fingerprint density at radius 3 is 2.59 bits per heavy atom. The molecule has 0 aliphatic carbocycles. The van der Waals surface area contributed by atoms with Crippen LogP contribution in [0.15, 0.2) is 54.9 Å². The van der Waals surface area contributed by atoms with E-state index in [1.54, 1.807) is 24.4 Å². The third-order valence-corrected chi connectivity index (χ3v) is 4.16. The zero-order valence-electron chi connectivity index (χ0n) is 14.3. The van der Waals surface area contributed by atoms with E-state index in [1.165, 1.54) is 18.3 Å². The van der Waals surface area contributed by atoms with Crippen molar-refractivity contribution in [3.8, 4) is 6.07 Å². The number of aromatic nitrogens is 2. The van der Waals surface area contributed by atoms with Crippen molar-refractivity contribution in [2.75, 3.05) is 0 Å². The molecule has 5 nitrogen and oxygen atoms in total. The Kier molecular flexibility index (Phi) is 5.43. The minimum Gasteiger partial charge on any atom is -0.339 e. The highest BCUT2D eigenvalue weighted by Gasteiger charge is 2.20. The molecule has 0 spiro atoms. The van der Waals surface area contributed by atoms with E-state index in [0.29, 0.717) is 10.7 Å². The minimum atomic E-state index is -0.747. The Labute approximate surface area is 160 Å². The van der Waals surface area contributed by atoms with Crippen molar-refractivity contribution in [3.63, 3.8) is 0 Å². The van der Waals surface area contributed by atoms with Crippen molar-refractivity contribution in [1.29, 1.82) is 5.26 Å². The van der Waals surface area contributed by atoms with E-state index in [-0.39, 0.29) is 11.1 Å². The second kappa shape index (κ2) is 7.94. The number of benzene rings is 1. The third-order valence-electron chi connectivity index (χ3n) is 3.94. The fourth-order valence-corrected chi connectivity index (χ4v) is 2.61. The van der Waals surface area contributed by atoms with Crippen molar-refractivity contribution in [1.82, 2.24) is 15.3 Å². The first-order valence-corrected chi connectivity index (χ1v) is 8.40. The Hall–Kier alpha value is -3.30. The van der Waals surface area contributed by atoms with Gasteiger partial charge in [-0.1, -0.05) is 17.7 Å². The number of rotatable bonds is 4. The molecule has 0 unspecified atom stereocenters. The lowest BCUT2D eigenvalue weighted by atomic mass is 10.0. The summed E-state index contributed by atoms with van der Waals surface area (Å²) in [5.74, 6) is -1.25. The second-order valence-electron chi connectivity index (χ2n) is 5.85. The maximum Gasteiger partial charge on any atom is 0.252 e. The Morgan fingerprint density at radius 1 is 1.19 bits per heavy atom. The fraction of sp³-hybridized carbons (Fsp3) is 0.100. The van der Waals surface area contributed by atoms with Gasteiger partial charge in [-0.2, -0.15) is 5.26 Å². The summed E-state index contributed by atoms with van der Waals surface area (Å²) < 4.78 is 13.8. The molecular weight excluding hydrogens is 367 g/mol. The lowest BCUT2D eigenvalue weighted by Gasteiger charge is -2.19. The van der Waals surface area contributed by atoms with Crippen LogP contribution in [-0.4, -0.2) is 15.9 Å². The van der Waals surface area contributed by atoms with Crippen LogP contribution in [0, 0.1) is 24.1 Å². The van der Waals surface area contributed by atoms with Gasteiger partial charge in [0.2, 0.25) is 0 Å². The molecule has 3 rings (SSSR count). The number of amides is 1. The first-order chi connectivity index (χ1) is 13.0. The molecule has 0 bridgehead atoms. The quantitative estimate of drug-likeness (QED) is 0.742. The van der Waals surface area contributed by atoms with E-state index in [1.807, 2.05) is 19.1 Å². The van der Waals surface area contributed by atoms with Crippen LogP contribution in [-0.2, 0) is 0 Å². The summed E-state index contributed by atoms with van der Waals surface area (Å²) >= 11 is 5.90. The van der Waals surface area contributed by atoms with Crippen LogP contribution in [0.2, 0.25) is 5.02 Å². The highest BCUT2D eigenvalue weighted by Crippen LogP contribution is 2.22. The van der Waals surface area contributed by atoms with Gasteiger partial charge >= 0.3 is 0 Å². The molecule has 1 amide bonds. The van der Waals surface area contributed by atoms with E-state index >= 15 is 0 Å². The number of nitrogens with zero attached hydrogens (tertiary/aromatic N) is 3. The number of hydrogen-bond acceptors (Lipinski definition) is 4. The molecule has 0 radical (unpaired) electrons. The number of halogens is 2. The normalized spacial score (nSPS) is 11.5. The lowest BCUT2D eigenvalue weighted by molar-refractivity contribution is 0.0942. The van der Waals surface area contributed by atoms with Crippen molar-refractivity contribution < 1.29 is 9.18 Å². The van der Waals surface area contributed by atoms with Gasteiger partial charge in [0.25, 0.3) is 5.91 Å². The molecule has 3 aromatic rings. The number of nitrogens with one attached hydrogen (secondary N) is 1. The monoisotopic (exact) mass is 380 g/mol.